The molecule has 4 aliphatic rings. The van der Waals surface area contributed by atoms with Crippen LogP contribution in [0, 0.1) is 5.82 Å². The van der Waals surface area contributed by atoms with Gasteiger partial charge in [-0.05, 0) is 66.4 Å². The van der Waals surface area contributed by atoms with Gasteiger partial charge in [-0.2, -0.15) is 0 Å². The minimum atomic E-state index is -0.641. The van der Waals surface area contributed by atoms with Crippen molar-refractivity contribution in [1.29, 1.82) is 0 Å². The van der Waals surface area contributed by atoms with Crippen molar-refractivity contribution < 1.29 is 28.2 Å². The van der Waals surface area contributed by atoms with Gasteiger partial charge in [0.05, 0.1) is 13.2 Å². The lowest BCUT2D eigenvalue weighted by Crippen LogP contribution is -2.52. The zero-order valence-corrected chi connectivity index (χ0v) is 23.2. The van der Waals surface area contributed by atoms with Crippen LogP contribution in [0.4, 0.5) is 10.2 Å². The number of nitrogens with zero attached hydrogens (tertiary/aromatic N) is 4. The van der Waals surface area contributed by atoms with Crippen molar-refractivity contribution in [2.45, 2.75) is 44.5 Å². The molecular weight excluding hydrogens is 541 g/mol. The molecule has 1 N–H and O–H groups in total. The average molecular weight is 574 g/mol. The molecule has 0 unspecified atom stereocenters. The minimum Gasteiger partial charge on any atom is -0.489 e. The number of anilines is 1. The van der Waals surface area contributed by atoms with Crippen LogP contribution < -0.4 is 15.0 Å². The topological polar surface area (TPSA) is 104 Å². The maximum absolute atomic E-state index is 15.1. The molecule has 11 heteroatoms. The normalized spacial score (nSPS) is 23.0. The van der Waals surface area contributed by atoms with Gasteiger partial charge in [0, 0.05) is 56.6 Å². The Bertz CT molecular complexity index is 1570. The van der Waals surface area contributed by atoms with E-state index in [1.165, 1.54) is 4.90 Å². The number of halogens is 1. The van der Waals surface area contributed by atoms with Crippen LogP contribution in [0.3, 0.4) is 0 Å². The number of piperidine rings is 1. The molecule has 3 amide bonds. The van der Waals surface area contributed by atoms with E-state index in [1.54, 1.807) is 18.2 Å². The Kier molecular flexibility index (Phi) is 6.99. The number of pyridine rings is 1. The predicted octanol–water partition coefficient (Wildman–Crippen LogP) is 2.62. The fourth-order valence-corrected chi connectivity index (χ4v) is 6.41. The number of benzene rings is 2. The van der Waals surface area contributed by atoms with Gasteiger partial charge >= 0.3 is 0 Å². The number of ether oxygens (including phenoxy) is 2. The van der Waals surface area contributed by atoms with Gasteiger partial charge in [-0.25, -0.2) is 9.37 Å². The van der Waals surface area contributed by atoms with Gasteiger partial charge in [-0.1, -0.05) is 0 Å². The molecule has 0 radical (unpaired) electrons. The summed E-state index contributed by atoms with van der Waals surface area (Å²) >= 11 is 0. The SMILES string of the molecule is O=C1CC[C@H](N2Cc3cc(O[C@H]4CCN(Cc5cc(F)c6nc(N7CCOCC7)ccc6c5)C4)ccc3C2=O)C(=O)N1. The summed E-state index contributed by atoms with van der Waals surface area (Å²) in [7, 11) is 0. The molecule has 4 aliphatic heterocycles. The lowest BCUT2D eigenvalue weighted by Gasteiger charge is -2.29. The Hall–Kier alpha value is -4.09. The van der Waals surface area contributed by atoms with Gasteiger partial charge in [0.1, 0.15) is 35.0 Å². The van der Waals surface area contributed by atoms with Crippen LogP contribution in [-0.2, 0) is 27.4 Å². The van der Waals surface area contributed by atoms with Crippen LogP contribution in [0.1, 0.15) is 40.7 Å². The van der Waals surface area contributed by atoms with Gasteiger partial charge < -0.3 is 19.3 Å². The Balaban J connectivity index is 0.977. The molecule has 3 saturated heterocycles. The van der Waals surface area contributed by atoms with Crippen LogP contribution in [0.2, 0.25) is 0 Å². The van der Waals surface area contributed by atoms with E-state index in [2.05, 4.69) is 20.1 Å². The third kappa shape index (κ3) is 5.18. The van der Waals surface area contributed by atoms with Crippen molar-refractivity contribution in [1.82, 2.24) is 20.1 Å². The van der Waals surface area contributed by atoms with E-state index in [0.29, 0.717) is 56.1 Å². The van der Waals surface area contributed by atoms with Crippen molar-refractivity contribution in [3.63, 3.8) is 0 Å². The van der Waals surface area contributed by atoms with E-state index in [1.807, 2.05) is 24.3 Å². The first kappa shape index (κ1) is 26.8. The second kappa shape index (κ2) is 11.0. The summed E-state index contributed by atoms with van der Waals surface area (Å²) in [6.07, 6.45) is 1.36. The predicted molar refractivity (Wildman–Crippen MR) is 152 cm³/mol. The summed E-state index contributed by atoms with van der Waals surface area (Å²) in [5.41, 5.74) is 2.65. The molecule has 0 bridgehead atoms. The van der Waals surface area contributed by atoms with Crippen molar-refractivity contribution in [3.05, 3.63) is 65.0 Å². The molecular formula is C31H32FN5O5. The van der Waals surface area contributed by atoms with Crippen LogP contribution >= 0.6 is 0 Å². The van der Waals surface area contributed by atoms with Gasteiger partial charge in [-0.15, -0.1) is 0 Å². The number of likely N-dealkylation sites (tertiary alicyclic amines) is 1. The first-order chi connectivity index (χ1) is 20.4. The lowest BCUT2D eigenvalue weighted by molar-refractivity contribution is -0.136. The minimum absolute atomic E-state index is 0.0329. The summed E-state index contributed by atoms with van der Waals surface area (Å²) in [5, 5.41) is 3.12. The average Bonchev–Trinajstić information content (AvgIpc) is 3.56. The van der Waals surface area contributed by atoms with Crippen LogP contribution in [0.15, 0.2) is 42.5 Å². The quantitative estimate of drug-likeness (QED) is 0.449. The number of fused-ring (bicyclic) bond motifs is 2. The van der Waals surface area contributed by atoms with Crippen molar-refractivity contribution in [2.75, 3.05) is 44.3 Å². The number of carbonyl (C=O) groups excluding carboxylic acids is 3. The number of carbonyl (C=O) groups is 3. The molecule has 3 fully saturated rings. The number of imide groups is 1. The van der Waals surface area contributed by atoms with E-state index < -0.39 is 11.9 Å². The van der Waals surface area contributed by atoms with Gasteiger partial charge in [0.25, 0.3) is 5.91 Å². The highest BCUT2D eigenvalue weighted by Gasteiger charge is 2.39. The lowest BCUT2D eigenvalue weighted by atomic mass is 10.0. The number of aromatic nitrogens is 1. The zero-order valence-electron chi connectivity index (χ0n) is 23.2. The highest BCUT2D eigenvalue weighted by molar-refractivity contribution is 6.05. The number of morpholine rings is 1. The second-order valence-electron chi connectivity index (χ2n) is 11.4. The largest absolute Gasteiger partial charge is 0.489 e. The van der Waals surface area contributed by atoms with Crippen LogP contribution in [0.25, 0.3) is 10.9 Å². The molecule has 2 atom stereocenters. The molecule has 0 spiro atoms. The van der Waals surface area contributed by atoms with Crippen molar-refractivity contribution in [2.24, 2.45) is 0 Å². The molecule has 1 aromatic heterocycles. The fourth-order valence-electron chi connectivity index (χ4n) is 6.41. The highest BCUT2D eigenvalue weighted by atomic mass is 19.1. The van der Waals surface area contributed by atoms with E-state index >= 15 is 4.39 Å². The summed E-state index contributed by atoms with van der Waals surface area (Å²) < 4.78 is 26.8. The third-order valence-corrected chi connectivity index (χ3v) is 8.56. The Morgan fingerprint density at radius 1 is 1.02 bits per heavy atom. The maximum atomic E-state index is 15.1. The number of hydrogen-bond donors (Lipinski definition) is 1. The van der Waals surface area contributed by atoms with Gasteiger partial charge in [0.15, 0.2) is 0 Å². The number of amides is 3. The number of nitrogens with one attached hydrogen (secondary N) is 1. The van der Waals surface area contributed by atoms with Crippen LogP contribution in [0.5, 0.6) is 5.75 Å². The molecule has 10 nitrogen and oxygen atoms in total. The third-order valence-electron chi connectivity index (χ3n) is 8.56. The van der Waals surface area contributed by atoms with Gasteiger partial charge in [0.2, 0.25) is 11.8 Å². The summed E-state index contributed by atoms with van der Waals surface area (Å²) in [6.45, 7) is 5.25. The van der Waals surface area contributed by atoms with E-state index in [0.717, 1.165) is 48.4 Å². The maximum Gasteiger partial charge on any atom is 0.255 e. The molecule has 42 heavy (non-hydrogen) atoms. The molecule has 218 valence electrons. The molecule has 2 aromatic carbocycles. The Morgan fingerprint density at radius 2 is 1.88 bits per heavy atom. The van der Waals surface area contributed by atoms with E-state index in [-0.39, 0.29) is 30.2 Å². The van der Waals surface area contributed by atoms with Crippen molar-refractivity contribution >= 4 is 34.4 Å². The van der Waals surface area contributed by atoms with Gasteiger partial charge in [-0.3, -0.25) is 24.6 Å². The number of rotatable bonds is 6. The molecule has 5 heterocycles. The standard InChI is InChI=1S/C31H32FN5O5/c32-25-14-19(13-20-1-5-27(33-29(20)25)36-9-11-41-12-10-36)16-35-8-7-23(18-35)42-22-2-3-24-21(15-22)17-37(31(24)40)26-4-6-28(38)34-30(26)39/h1-3,5,13-15,23,26H,4,6-12,16-18H2,(H,34,38,39)/t23-,26-/m0/s1. The fraction of sp³-hybridized carbons (Fsp3) is 0.419. The zero-order chi connectivity index (χ0) is 28.8. The second-order valence-corrected chi connectivity index (χ2v) is 11.4. The first-order valence-electron chi connectivity index (χ1n) is 14.5. The first-order valence-corrected chi connectivity index (χ1v) is 14.5. The van der Waals surface area contributed by atoms with Crippen molar-refractivity contribution in [3.8, 4) is 5.75 Å². The summed E-state index contributed by atoms with van der Waals surface area (Å²) in [4.78, 5) is 47.3. The highest BCUT2D eigenvalue weighted by Crippen LogP contribution is 2.31. The monoisotopic (exact) mass is 573 g/mol. The Morgan fingerprint density at radius 3 is 2.71 bits per heavy atom. The molecule has 0 aliphatic carbocycles. The number of hydrogen-bond acceptors (Lipinski definition) is 8. The summed E-state index contributed by atoms with van der Waals surface area (Å²) in [6, 6.07) is 12.3. The Labute approximate surface area is 242 Å². The smallest absolute Gasteiger partial charge is 0.255 e. The van der Waals surface area contributed by atoms with E-state index in [4.69, 9.17) is 9.47 Å². The molecule has 0 saturated carbocycles. The molecule has 3 aromatic rings. The summed E-state index contributed by atoms with van der Waals surface area (Å²) in [5.74, 6) is 0.212. The van der Waals surface area contributed by atoms with E-state index in [9.17, 15) is 14.4 Å². The molecule has 7 rings (SSSR count). The van der Waals surface area contributed by atoms with Crippen LogP contribution in [-0.4, -0.2) is 84.0 Å².